The van der Waals surface area contributed by atoms with Gasteiger partial charge in [0.25, 0.3) is 11.7 Å². The molecule has 0 saturated carbocycles. The van der Waals surface area contributed by atoms with Crippen LogP contribution in [0.4, 0.5) is 0 Å². The quantitative estimate of drug-likeness (QED) is 0.303. The van der Waals surface area contributed by atoms with Gasteiger partial charge in [0, 0.05) is 25.8 Å². The molecule has 3 rings (SSSR count). The highest BCUT2D eigenvalue weighted by molar-refractivity contribution is 6.46. The Balaban J connectivity index is 2.08. The number of nitrogens with zero attached hydrogens (tertiary/aromatic N) is 1. The van der Waals surface area contributed by atoms with Gasteiger partial charge < -0.3 is 23.9 Å². The van der Waals surface area contributed by atoms with Crippen molar-refractivity contribution in [1.82, 2.24) is 4.90 Å². The number of carbonyl (C=O) groups excluding carboxylic acids is 2. The third-order valence-electron chi connectivity index (χ3n) is 4.60. The number of ether oxygens (including phenoxy) is 2. The summed E-state index contributed by atoms with van der Waals surface area (Å²) in [6.45, 7) is 2.92. The number of benzene rings is 1. The molecule has 0 bridgehead atoms. The van der Waals surface area contributed by atoms with Crippen molar-refractivity contribution in [3.8, 4) is 5.75 Å². The Morgan fingerprint density at radius 3 is 2.76 bits per heavy atom. The molecule has 0 aliphatic carbocycles. The maximum atomic E-state index is 12.8. The molecule has 0 radical (unpaired) electrons. The first-order valence-electron chi connectivity index (χ1n) is 9.23. The van der Waals surface area contributed by atoms with Crippen molar-refractivity contribution >= 4 is 29.1 Å². The molecule has 1 aromatic heterocycles. The average Bonchev–Trinajstić information content (AvgIpc) is 3.32. The molecule has 1 aliphatic heterocycles. The lowest BCUT2D eigenvalue weighted by Gasteiger charge is -2.23. The smallest absolute Gasteiger partial charge is 0.295 e. The molecule has 1 unspecified atom stereocenters. The van der Waals surface area contributed by atoms with E-state index in [1.807, 2.05) is 6.92 Å². The van der Waals surface area contributed by atoms with Crippen molar-refractivity contribution in [2.24, 2.45) is 0 Å². The highest BCUT2D eigenvalue weighted by Gasteiger charge is 2.47. The van der Waals surface area contributed by atoms with Gasteiger partial charge in [-0.05, 0) is 43.7 Å². The summed E-state index contributed by atoms with van der Waals surface area (Å²) in [5.74, 6) is -1.00. The standard InChI is InChI=1S/C21H22ClNO6/c1-3-28-16-12-13(7-8-14(16)22)19(24)17-18(15-6-4-11-29-15)23(9-5-10-27-2)21(26)20(17)25/h4,6-8,11-12,18,24H,3,5,9-10H2,1-2H3/b19-17-. The van der Waals surface area contributed by atoms with Gasteiger partial charge in [-0.2, -0.15) is 0 Å². The molecule has 154 valence electrons. The minimum absolute atomic E-state index is 0.0351. The van der Waals surface area contributed by atoms with E-state index >= 15 is 0 Å². The van der Waals surface area contributed by atoms with Crippen molar-refractivity contribution in [2.45, 2.75) is 19.4 Å². The van der Waals surface area contributed by atoms with Gasteiger partial charge in [-0.1, -0.05) is 11.6 Å². The van der Waals surface area contributed by atoms with E-state index in [9.17, 15) is 14.7 Å². The lowest BCUT2D eigenvalue weighted by molar-refractivity contribution is -0.140. The molecule has 1 fully saturated rings. The minimum atomic E-state index is -0.826. The summed E-state index contributed by atoms with van der Waals surface area (Å²) in [5, 5.41) is 11.3. The Bertz CT molecular complexity index is 921. The summed E-state index contributed by atoms with van der Waals surface area (Å²) >= 11 is 6.12. The van der Waals surface area contributed by atoms with Crippen LogP contribution in [0, 0.1) is 0 Å². The number of amides is 1. The van der Waals surface area contributed by atoms with Crippen molar-refractivity contribution in [3.63, 3.8) is 0 Å². The first-order valence-corrected chi connectivity index (χ1v) is 9.60. The molecule has 29 heavy (non-hydrogen) atoms. The van der Waals surface area contributed by atoms with Crippen molar-refractivity contribution in [1.29, 1.82) is 0 Å². The van der Waals surface area contributed by atoms with E-state index in [0.717, 1.165) is 0 Å². The molecule has 2 heterocycles. The molecule has 2 aromatic rings. The van der Waals surface area contributed by atoms with E-state index in [-0.39, 0.29) is 17.9 Å². The van der Waals surface area contributed by atoms with Crippen molar-refractivity contribution < 1.29 is 28.6 Å². The summed E-state index contributed by atoms with van der Waals surface area (Å²) in [7, 11) is 1.56. The maximum absolute atomic E-state index is 12.8. The second-order valence-electron chi connectivity index (χ2n) is 6.43. The predicted molar refractivity (Wildman–Crippen MR) is 107 cm³/mol. The number of Topliss-reactive ketones (excluding diaryl/α,β-unsaturated/α-hetero) is 1. The number of carbonyl (C=O) groups is 2. The molecule has 0 spiro atoms. The van der Waals surface area contributed by atoms with Crippen LogP contribution in [-0.4, -0.2) is 48.6 Å². The van der Waals surface area contributed by atoms with Crippen molar-refractivity contribution in [3.05, 3.63) is 58.5 Å². The number of ketones is 1. The zero-order chi connectivity index (χ0) is 21.0. The number of halogens is 1. The fraction of sp³-hybridized carbons (Fsp3) is 0.333. The lowest BCUT2D eigenvalue weighted by atomic mass is 9.99. The predicted octanol–water partition coefficient (Wildman–Crippen LogP) is 3.79. The highest BCUT2D eigenvalue weighted by Crippen LogP contribution is 2.40. The lowest BCUT2D eigenvalue weighted by Crippen LogP contribution is -2.31. The fourth-order valence-corrected chi connectivity index (χ4v) is 3.48. The number of aliphatic hydroxyl groups excluding tert-OH is 1. The van der Waals surface area contributed by atoms with E-state index in [2.05, 4.69) is 0 Å². The monoisotopic (exact) mass is 419 g/mol. The highest BCUT2D eigenvalue weighted by atomic mass is 35.5. The first kappa shape index (κ1) is 21.0. The van der Waals surface area contributed by atoms with Crippen LogP contribution >= 0.6 is 11.6 Å². The third kappa shape index (κ3) is 4.16. The second-order valence-corrected chi connectivity index (χ2v) is 6.84. The Kier molecular flexibility index (Phi) is 6.61. The number of methoxy groups -OCH3 is 1. The summed E-state index contributed by atoms with van der Waals surface area (Å²) in [4.78, 5) is 26.9. The van der Waals surface area contributed by atoms with Gasteiger partial charge >= 0.3 is 0 Å². The van der Waals surface area contributed by atoms with Crippen LogP contribution < -0.4 is 4.74 Å². The summed E-state index contributed by atoms with van der Waals surface area (Å²) in [6.07, 6.45) is 2.00. The van der Waals surface area contributed by atoms with E-state index in [0.29, 0.717) is 41.7 Å². The van der Waals surface area contributed by atoms with Crippen molar-refractivity contribution in [2.75, 3.05) is 26.9 Å². The van der Waals surface area contributed by atoms with Crippen LogP contribution in [-0.2, 0) is 14.3 Å². The second kappa shape index (κ2) is 9.15. The van der Waals surface area contributed by atoms with Crippen LogP contribution in [0.2, 0.25) is 5.02 Å². The number of hydrogen-bond donors (Lipinski definition) is 1. The molecule has 1 amide bonds. The van der Waals surface area contributed by atoms with Gasteiger partial charge in [-0.25, -0.2) is 0 Å². The summed E-state index contributed by atoms with van der Waals surface area (Å²) < 4.78 is 16.0. The topological polar surface area (TPSA) is 89.2 Å². The molecule has 1 saturated heterocycles. The Labute approximate surface area is 173 Å². The van der Waals surface area contributed by atoms with Gasteiger partial charge in [-0.3, -0.25) is 9.59 Å². The molecular weight excluding hydrogens is 398 g/mol. The number of rotatable bonds is 8. The average molecular weight is 420 g/mol. The number of aliphatic hydroxyl groups is 1. The van der Waals surface area contributed by atoms with Gasteiger partial charge in [-0.15, -0.1) is 0 Å². The molecule has 7 nitrogen and oxygen atoms in total. The van der Waals surface area contributed by atoms with Crippen LogP contribution in [0.15, 0.2) is 46.6 Å². The molecule has 1 aliphatic rings. The van der Waals surface area contributed by atoms with Crippen LogP contribution in [0.25, 0.3) is 5.76 Å². The van der Waals surface area contributed by atoms with E-state index in [1.54, 1.807) is 37.4 Å². The number of likely N-dealkylation sites (tertiary alicyclic amines) is 1. The molecule has 1 N–H and O–H groups in total. The zero-order valence-electron chi connectivity index (χ0n) is 16.2. The Hall–Kier alpha value is -2.77. The van der Waals surface area contributed by atoms with Gasteiger partial charge in [0.2, 0.25) is 0 Å². The number of hydrogen-bond acceptors (Lipinski definition) is 6. The molecule has 1 atom stereocenters. The molecular formula is C21H22ClNO6. The van der Waals surface area contributed by atoms with Gasteiger partial charge in [0.1, 0.15) is 23.3 Å². The summed E-state index contributed by atoms with van der Waals surface area (Å²) in [6, 6.07) is 7.18. The van der Waals surface area contributed by atoms with Crippen LogP contribution in [0.5, 0.6) is 5.75 Å². The largest absolute Gasteiger partial charge is 0.507 e. The van der Waals surface area contributed by atoms with E-state index in [1.165, 1.54) is 11.2 Å². The Morgan fingerprint density at radius 1 is 1.31 bits per heavy atom. The van der Waals surface area contributed by atoms with Gasteiger partial charge in [0.15, 0.2) is 0 Å². The SMILES string of the molecule is CCOc1cc(/C(O)=C2/C(=O)C(=O)N(CCCOC)C2c2ccco2)ccc1Cl. The first-order chi connectivity index (χ1) is 14.0. The zero-order valence-corrected chi connectivity index (χ0v) is 16.9. The fourth-order valence-electron chi connectivity index (χ4n) is 3.30. The van der Waals surface area contributed by atoms with E-state index in [4.69, 9.17) is 25.5 Å². The normalized spacial score (nSPS) is 18.4. The third-order valence-corrected chi connectivity index (χ3v) is 4.92. The number of furan rings is 1. The minimum Gasteiger partial charge on any atom is -0.507 e. The molecule has 8 heteroatoms. The van der Waals surface area contributed by atoms with Crippen LogP contribution in [0.3, 0.4) is 0 Å². The maximum Gasteiger partial charge on any atom is 0.295 e. The van der Waals surface area contributed by atoms with Gasteiger partial charge in [0.05, 0.1) is 23.5 Å². The Morgan fingerprint density at radius 2 is 2.10 bits per heavy atom. The van der Waals surface area contributed by atoms with Crippen LogP contribution in [0.1, 0.15) is 30.7 Å². The summed E-state index contributed by atoms with van der Waals surface area (Å²) in [5.41, 5.74) is 0.288. The molecule has 1 aromatic carbocycles. The van der Waals surface area contributed by atoms with E-state index < -0.39 is 17.7 Å².